The minimum absolute atomic E-state index is 0.220. The number of carbonyl (C=O) groups excluding carboxylic acids is 3. The third-order valence-corrected chi connectivity index (χ3v) is 5.30. The highest BCUT2D eigenvalue weighted by Crippen LogP contribution is 2.36. The molecule has 0 bridgehead atoms. The molecule has 3 atom stereocenters. The number of benzene rings is 1. The third kappa shape index (κ3) is 2.99. The lowest BCUT2D eigenvalue weighted by molar-refractivity contribution is -0.146. The van der Waals surface area contributed by atoms with Crippen LogP contribution in [0.3, 0.4) is 0 Å². The topological polar surface area (TPSA) is 66.5 Å². The third-order valence-electron chi connectivity index (χ3n) is 5.30. The number of allylic oxidation sites excluding steroid dienone is 2. The minimum atomic E-state index is -0.810. The van der Waals surface area contributed by atoms with Crippen LogP contribution < -0.4 is 5.32 Å². The number of carbonyl (C=O) groups is 3. The summed E-state index contributed by atoms with van der Waals surface area (Å²) < 4.78 is 0. The van der Waals surface area contributed by atoms with Crippen molar-refractivity contribution in [1.29, 1.82) is 0 Å². The van der Waals surface area contributed by atoms with Crippen molar-refractivity contribution in [3.8, 4) is 0 Å². The molecular formula is C20H24N2O3. The van der Waals surface area contributed by atoms with Crippen LogP contribution in [0.15, 0.2) is 30.4 Å². The highest BCUT2D eigenvalue weighted by Gasteiger charge is 2.50. The molecule has 1 heterocycles. The molecule has 1 N–H and O–H groups in total. The van der Waals surface area contributed by atoms with E-state index in [1.54, 1.807) is 6.92 Å². The molecule has 1 aliphatic heterocycles. The molecule has 1 saturated heterocycles. The number of fused-ring (bicyclic) bond motifs is 1. The number of aryl methyl sites for hydroxylation is 2. The molecule has 5 nitrogen and oxygen atoms in total. The van der Waals surface area contributed by atoms with Crippen LogP contribution in [0.25, 0.3) is 0 Å². The van der Waals surface area contributed by atoms with Crippen molar-refractivity contribution in [3.05, 3.63) is 41.5 Å². The number of likely N-dealkylation sites (tertiary alicyclic amines) is 1. The van der Waals surface area contributed by atoms with Gasteiger partial charge in [-0.05, 0) is 44.2 Å². The van der Waals surface area contributed by atoms with Crippen molar-refractivity contribution >= 4 is 23.4 Å². The summed E-state index contributed by atoms with van der Waals surface area (Å²) in [6.45, 7) is 5.59. The van der Waals surface area contributed by atoms with Crippen LogP contribution >= 0.6 is 0 Å². The van der Waals surface area contributed by atoms with E-state index in [9.17, 15) is 14.4 Å². The van der Waals surface area contributed by atoms with E-state index in [1.807, 2.05) is 44.2 Å². The molecule has 1 aromatic carbocycles. The Morgan fingerprint density at radius 1 is 1.20 bits per heavy atom. The Labute approximate surface area is 148 Å². The van der Waals surface area contributed by atoms with Crippen LogP contribution in [-0.4, -0.2) is 28.7 Å². The molecule has 2 aliphatic rings. The number of nitrogens with zero attached hydrogens (tertiary/aromatic N) is 1. The summed E-state index contributed by atoms with van der Waals surface area (Å²) in [5.74, 6) is -1.38. The molecule has 0 aromatic heterocycles. The van der Waals surface area contributed by atoms with Crippen molar-refractivity contribution in [2.45, 2.75) is 46.1 Å². The minimum Gasteiger partial charge on any atom is -0.324 e. The zero-order chi connectivity index (χ0) is 18.1. The van der Waals surface area contributed by atoms with Gasteiger partial charge in [0.15, 0.2) is 0 Å². The highest BCUT2D eigenvalue weighted by molar-refractivity contribution is 6.10. The summed E-state index contributed by atoms with van der Waals surface area (Å²) in [6, 6.07) is 5.05. The number of anilines is 1. The zero-order valence-electron chi connectivity index (χ0n) is 14.9. The van der Waals surface area contributed by atoms with Crippen LogP contribution in [0.1, 0.15) is 37.8 Å². The lowest BCUT2D eigenvalue weighted by Crippen LogP contribution is -2.46. The molecule has 5 heteroatoms. The van der Waals surface area contributed by atoms with Crippen molar-refractivity contribution in [2.75, 3.05) is 5.32 Å². The number of hydrogen-bond donors (Lipinski definition) is 1. The Bertz CT molecular complexity index is 727. The molecule has 0 saturated carbocycles. The van der Waals surface area contributed by atoms with Gasteiger partial charge in [0.05, 0.1) is 11.8 Å². The van der Waals surface area contributed by atoms with E-state index in [4.69, 9.17) is 0 Å². The van der Waals surface area contributed by atoms with E-state index in [1.165, 1.54) is 4.90 Å². The van der Waals surface area contributed by atoms with Crippen LogP contribution in [0.2, 0.25) is 0 Å². The van der Waals surface area contributed by atoms with Crippen molar-refractivity contribution in [3.63, 3.8) is 0 Å². The van der Waals surface area contributed by atoms with E-state index < -0.39 is 6.04 Å². The van der Waals surface area contributed by atoms with Gasteiger partial charge in [0, 0.05) is 5.69 Å². The van der Waals surface area contributed by atoms with Crippen LogP contribution in [0, 0.1) is 18.8 Å². The number of rotatable bonds is 4. The van der Waals surface area contributed by atoms with E-state index in [-0.39, 0.29) is 29.6 Å². The Morgan fingerprint density at radius 2 is 1.80 bits per heavy atom. The van der Waals surface area contributed by atoms with Gasteiger partial charge in [-0.15, -0.1) is 0 Å². The highest BCUT2D eigenvalue weighted by atomic mass is 16.2. The van der Waals surface area contributed by atoms with E-state index in [0.717, 1.165) is 23.2 Å². The summed E-state index contributed by atoms with van der Waals surface area (Å²) in [7, 11) is 0. The fourth-order valence-electron chi connectivity index (χ4n) is 3.75. The van der Waals surface area contributed by atoms with Crippen molar-refractivity contribution in [1.82, 2.24) is 4.90 Å². The van der Waals surface area contributed by atoms with Gasteiger partial charge in [0.2, 0.25) is 17.7 Å². The Morgan fingerprint density at radius 3 is 2.36 bits per heavy atom. The fourth-order valence-corrected chi connectivity index (χ4v) is 3.75. The molecule has 3 rings (SSSR count). The van der Waals surface area contributed by atoms with Crippen molar-refractivity contribution in [2.24, 2.45) is 11.8 Å². The number of imide groups is 1. The van der Waals surface area contributed by atoms with E-state index in [2.05, 4.69) is 5.32 Å². The van der Waals surface area contributed by atoms with Crippen LogP contribution in [0.4, 0.5) is 5.69 Å². The quantitative estimate of drug-likeness (QED) is 0.677. The monoisotopic (exact) mass is 340 g/mol. The lowest BCUT2D eigenvalue weighted by Gasteiger charge is -2.23. The first-order chi connectivity index (χ1) is 12.0. The molecule has 1 fully saturated rings. The maximum Gasteiger partial charge on any atom is 0.247 e. The van der Waals surface area contributed by atoms with Gasteiger partial charge in [-0.3, -0.25) is 19.3 Å². The van der Waals surface area contributed by atoms with Gasteiger partial charge >= 0.3 is 0 Å². The van der Waals surface area contributed by atoms with Gasteiger partial charge in [0.1, 0.15) is 6.04 Å². The fraction of sp³-hybridized carbons (Fsp3) is 0.450. The molecule has 1 aromatic rings. The van der Waals surface area contributed by atoms with Gasteiger partial charge in [-0.2, -0.15) is 0 Å². The average Bonchev–Trinajstić information content (AvgIpc) is 2.87. The summed E-state index contributed by atoms with van der Waals surface area (Å²) in [4.78, 5) is 39.2. The standard InChI is InChI=1S/C20H24N2O3/c1-4-14-9-7-8-12(2)17(14)21-18(23)13(3)22-19(24)15-10-5-6-11-16(15)20(22)25/h5-9,13,15-16H,4,10-11H2,1-3H3,(H,21,23)/t13-,15-,16+/m0/s1. The molecule has 0 spiro atoms. The van der Waals surface area contributed by atoms with Gasteiger partial charge < -0.3 is 5.32 Å². The molecule has 0 unspecified atom stereocenters. The van der Waals surface area contributed by atoms with E-state index >= 15 is 0 Å². The molecule has 132 valence electrons. The predicted molar refractivity (Wildman–Crippen MR) is 95.9 cm³/mol. The molecular weight excluding hydrogens is 316 g/mol. The van der Waals surface area contributed by atoms with Gasteiger partial charge in [0.25, 0.3) is 0 Å². The summed E-state index contributed by atoms with van der Waals surface area (Å²) >= 11 is 0. The largest absolute Gasteiger partial charge is 0.324 e. The normalized spacial score (nSPS) is 23.6. The Hall–Kier alpha value is -2.43. The Balaban J connectivity index is 1.80. The maximum absolute atomic E-state index is 12.7. The summed E-state index contributed by atoms with van der Waals surface area (Å²) in [5.41, 5.74) is 2.79. The first-order valence-electron chi connectivity index (χ1n) is 8.87. The number of nitrogens with one attached hydrogen (secondary N) is 1. The number of amides is 3. The predicted octanol–water partition coefficient (Wildman–Crippen LogP) is 2.84. The molecule has 1 aliphatic carbocycles. The summed E-state index contributed by atoms with van der Waals surface area (Å²) in [6.07, 6.45) is 5.85. The SMILES string of the molecule is CCc1cccc(C)c1NC(=O)[C@H](C)N1C(=O)[C@H]2CC=CC[C@H]2C1=O. The first kappa shape index (κ1) is 17.4. The maximum atomic E-state index is 12.7. The van der Waals surface area contributed by atoms with Gasteiger partial charge in [-0.25, -0.2) is 0 Å². The number of hydrogen-bond acceptors (Lipinski definition) is 3. The average molecular weight is 340 g/mol. The second kappa shape index (κ2) is 6.82. The first-order valence-corrected chi connectivity index (χ1v) is 8.87. The summed E-state index contributed by atoms with van der Waals surface area (Å²) in [5, 5.41) is 2.93. The zero-order valence-corrected chi connectivity index (χ0v) is 14.9. The molecule has 25 heavy (non-hydrogen) atoms. The van der Waals surface area contributed by atoms with Gasteiger partial charge in [-0.1, -0.05) is 37.3 Å². The smallest absolute Gasteiger partial charge is 0.247 e. The number of para-hydroxylation sites is 1. The lowest BCUT2D eigenvalue weighted by atomic mass is 9.85. The van der Waals surface area contributed by atoms with E-state index in [0.29, 0.717) is 12.8 Å². The van der Waals surface area contributed by atoms with Crippen LogP contribution in [-0.2, 0) is 20.8 Å². The van der Waals surface area contributed by atoms with Crippen molar-refractivity contribution < 1.29 is 14.4 Å². The second-order valence-electron chi connectivity index (χ2n) is 6.83. The Kier molecular flexibility index (Phi) is 4.75. The molecule has 3 amide bonds. The van der Waals surface area contributed by atoms with Crippen LogP contribution in [0.5, 0.6) is 0 Å². The second-order valence-corrected chi connectivity index (χ2v) is 6.83. The molecule has 0 radical (unpaired) electrons.